The molecule has 0 bridgehead atoms. The number of hydrogen-bond donors (Lipinski definition) is 3. The number of aliphatic hydroxyl groups is 1. The maximum atomic E-state index is 11.9. The van der Waals surface area contributed by atoms with Gasteiger partial charge in [0.1, 0.15) is 5.00 Å². The molecule has 0 radical (unpaired) electrons. The largest absolute Gasteiger partial charge is 0.478 e. The molecular formula is C11H16N2O4S. The molecule has 0 unspecified atom stereocenters. The summed E-state index contributed by atoms with van der Waals surface area (Å²) in [6, 6.07) is 1.10. The van der Waals surface area contributed by atoms with Gasteiger partial charge in [-0.1, -0.05) is 0 Å². The van der Waals surface area contributed by atoms with E-state index in [2.05, 4.69) is 5.32 Å². The fraction of sp³-hybridized carbons (Fsp3) is 0.455. The molecule has 0 atom stereocenters. The van der Waals surface area contributed by atoms with Crippen molar-refractivity contribution in [3.8, 4) is 0 Å². The third-order valence-electron chi connectivity index (χ3n) is 2.37. The first-order valence-corrected chi connectivity index (χ1v) is 6.45. The highest BCUT2D eigenvalue weighted by Crippen LogP contribution is 2.23. The zero-order valence-electron chi connectivity index (χ0n) is 10.0. The van der Waals surface area contributed by atoms with Gasteiger partial charge in [0.05, 0.1) is 5.56 Å². The van der Waals surface area contributed by atoms with Gasteiger partial charge in [-0.3, -0.25) is 5.32 Å². The minimum Gasteiger partial charge on any atom is -0.478 e. The number of aliphatic hydroxyl groups excluding tert-OH is 1. The van der Waals surface area contributed by atoms with Gasteiger partial charge in [-0.25, -0.2) is 9.59 Å². The van der Waals surface area contributed by atoms with Crippen molar-refractivity contribution >= 4 is 28.3 Å². The van der Waals surface area contributed by atoms with Gasteiger partial charge in [-0.15, -0.1) is 11.3 Å². The Kier molecular flexibility index (Phi) is 5.60. The lowest BCUT2D eigenvalue weighted by atomic mass is 10.3. The van der Waals surface area contributed by atoms with Crippen LogP contribution in [0.4, 0.5) is 9.80 Å². The number of carbonyl (C=O) groups excluding carboxylic acids is 1. The smallest absolute Gasteiger partial charge is 0.338 e. The van der Waals surface area contributed by atoms with E-state index in [0.717, 1.165) is 0 Å². The molecule has 3 N–H and O–H groups in total. The topological polar surface area (TPSA) is 89.9 Å². The normalized spacial score (nSPS) is 10.1. The predicted octanol–water partition coefficient (Wildman–Crippen LogP) is 1.68. The zero-order chi connectivity index (χ0) is 13.5. The van der Waals surface area contributed by atoms with E-state index in [-0.39, 0.29) is 18.2 Å². The molecule has 100 valence electrons. The highest BCUT2D eigenvalue weighted by atomic mass is 32.1. The maximum Gasteiger partial charge on any atom is 0.338 e. The van der Waals surface area contributed by atoms with Crippen LogP contribution in [-0.2, 0) is 0 Å². The van der Waals surface area contributed by atoms with Crippen LogP contribution < -0.4 is 5.32 Å². The van der Waals surface area contributed by atoms with Gasteiger partial charge in [0.2, 0.25) is 0 Å². The van der Waals surface area contributed by atoms with Crippen molar-refractivity contribution in [2.75, 3.05) is 25.0 Å². The molecule has 1 heterocycles. The fourth-order valence-corrected chi connectivity index (χ4v) is 2.18. The number of aromatic carboxylic acids is 1. The average Bonchev–Trinajstić information content (AvgIpc) is 2.78. The zero-order valence-corrected chi connectivity index (χ0v) is 10.9. The molecule has 6 nitrogen and oxygen atoms in total. The molecule has 0 aliphatic carbocycles. The number of hydrogen-bond acceptors (Lipinski definition) is 4. The summed E-state index contributed by atoms with van der Waals surface area (Å²) in [5.41, 5.74) is 0.0894. The molecule has 0 aliphatic rings. The molecular weight excluding hydrogens is 256 g/mol. The van der Waals surface area contributed by atoms with Gasteiger partial charge in [-0.2, -0.15) is 0 Å². The molecule has 0 saturated heterocycles. The van der Waals surface area contributed by atoms with Crippen molar-refractivity contribution in [1.82, 2.24) is 4.90 Å². The fourth-order valence-electron chi connectivity index (χ4n) is 1.42. The number of nitrogens with one attached hydrogen (secondary N) is 1. The number of amides is 2. The van der Waals surface area contributed by atoms with E-state index < -0.39 is 5.97 Å². The Morgan fingerprint density at radius 2 is 2.22 bits per heavy atom. The lowest BCUT2D eigenvalue weighted by Gasteiger charge is -2.20. The van der Waals surface area contributed by atoms with Gasteiger partial charge in [0.25, 0.3) is 0 Å². The van der Waals surface area contributed by atoms with Crippen LogP contribution in [0.25, 0.3) is 0 Å². The summed E-state index contributed by atoms with van der Waals surface area (Å²) in [5, 5.41) is 22.2. The summed E-state index contributed by atoms with van der Waals surface area (Å²) in [6.07, 6.45) is 0.498. The van der Waals surface area contributed by atoms with E-state index >= 15 is 0 Å². The summed E-state index contributed by atoms with van der Waals surface area (Å²) in [5.74, 6) is -1.06. The Bertz CT molecular complexity index is 419. The number of thiophene rings is 1. The van der Waals surface area contributed by atoms with Crippen LogP contribution in [0.15, 0.2) is 11.4 Å². The highest BCUT2D eigenvalue weighted by molar-refractivity contribution is 7.14. The van der Waals surface area contributed by atoms with Gasteiger partial charge >= 0.3 is 12.0 Å². The van der Waals surface area contributed by atoms with Crippen LogP contribution in [0.3, 0.4) is 0 Å². The number of urea groups is 1. The van der Waals surface area contributed by atoms with Crippen molar-refractivity contribution in [3.63, 3.8) is 0 Å². The van der Waals surface area contributed by atoms with Crippen molar-refractivity contribution in [3.05, 3.63) is 17.0 Å². The molecule has 7 heteroatoms. The van der Waals surface area contributed by atoms with Gasteiger partial charge in [0, 0.05) is 19.7 Å². The number of rotatable bonds is 6. The summed E-state index contributed by atoms with van der Waals surface area (Å²) in [4.78, 5) is 24.3. The lowest BCUT2D eigenvalue weighted by molar-refractivity contribution is 0.0698. The van der Waals surface area contributed by atoms with E-state index in [0.29, 0.717) is 24.5 Å². The minimum absolute atomic E-state index is 0.0170. The first kappa shape index (κ1) is 14.5. The molecule has 0 aromatic carbocycles. The SMILES string of the molecule is CCN(CCCO)C(=O)Nc1sccc1C(=O)O. The summed E-state index contributed by atoms with van der Waals surface area (Å²) >= 11 is 1.17. The van der Waals surface area contributed by atoms with Crippen LogP contribution in [-0.4, -0.2) is 46.8 Å². The van der Waals surface area contributed by atoms with Crippen LogP contribution in [0.1, 0.15) is 23.7 Å². The molecule has 0 saturated carbocycles. The van der Waals surface area contributed by atoms with E-state index in [1.807, 2.05) is 6.92 Å². The number of carbonyl (C=O) groups is 2. The van der Waals surface area contributed by atoms with Crippen molar-refractivity contribution in [1.29, 1.82) is 0 Å². The second-order valence-corrected chi connectivity index (χ2v) is 4.47. The number of nitrogens with zero attached hydrogens (tertiary/aromatic N) is 1. The number of carboxylic acids is 1. The third kappa shape index (κ3) is 3.71. The van der Waals surface area contributed by atoms with E-state index in [9.17, 15) is 9.59 Å². The first-order chi connectivity index (χ1) is 8.60. The van der Waals surface area contributed by atoms with Gasteiger partial charge in [0.15, 0.2) is 0 Å². The Morgan fingerprint density at radius 1 is 1.50 bits per heavy atom. The molecule has 0 fully saturated rings. The quantitative estimate of drug-likeness (QED) is 0.735. The highest BCUT2D eigenvalue weighted by Gasteiger charge is 2.16. The molecule has 18 heavy (non-hydrogen) atoms. The molecule has 0 aliphatic heterocycles. The Morgan fingerprint density at radius 3 is 2.78 bits per heavy atom. The lowest BCUT2D eigenvalue weighted by Crippen LogP contribution is -2.36. The van der Waals surface area contributed by atoms with Crippen molar-refractivity contribution in [2.24, 2.45) is 0 Å². The van der Waals surface area contributed by atoms with Crippen LogP contribution in [0.2, 0.25) is 0 Å². The van der Waals surface area contributed by atoms with Crippen molar-refractivity contribution < 1.29 is 19.8 Å². The molecule has 1 rings (SSSR count). The molecule has 1 aromatic rings. The third-order valence-corrected chi connectivity index (χ3v) is 3.20. The minimum atomic E-state index is -1.06. The number of carboxylic acid groups (broad SMARTS) is 1. The van der Waals surface area contributed by atoms with Crippen LogP contribution in [0, 0.1) is 0 Å². The molecule has 0 spiro atoms. The van der Waals surface area contributed by atoms with Crippen LogP contribution in [0.5, 0.6) is 0 Å². The second kappa shape index (κ2) is 6.97. The monoisotopic (exact) mass is 272 g/mol. The van der Waals surface area contributed by atoms with E-state index in [1.54, 1.807) is 5.38 Å². The maximum absolute atomic E-state index is 11.9. The molecule has 1 aromatic heterocycles. The Balaban J connectivity index is 2.67. The molecule has 2 amide bonds. The first-order valence-electron chi connectivity index (χ1n) is 5.57. The Hall–Kier alpha value is -1.60. The number of anilines is 1. The standard InChI is InChI=1S/C11H16N2O4S/c1-2-13(5-3-6-14)11(17)12-9-8(10(15)16)4-7-18-9/h4,7,14H,2-3,5-6H2,1H3,(H,12,17)(H,15,16). The van der Waals surface area contributed by atoms with Gasteiger partial charge in [-0.05, 0) is 24.8 Å². The summed E-state index contributed by atoms with van der Waals surface area (Å²) in [6.45, 7) is 2.78. The van der Waals surface area contributed by atoms with Crippen molar-refractivity contribution in [2.45, 2.75) is 13.3 Å². The Labute approximate surface area is 109 Å². The average molecular weight is 272 g/mol. The second-order valence-electron chi connectivity index (χ2n) is 3.56. The van der Waals surface area contributed by atoms with Crippen LogP contribution >= 0.6 is 11.3 Å². The van der Waals surface area contributed by atoms with E-state index in [4.69, 9.17) is 10.2 Å². The van der Waals surface area contributed by atoms with E-state index in [1.165, 1.54) is 22.3 Å². The predicted molar refractivity (Wildman–Crippen MR) is 69.2 cm³/mol. The summed E-state index contributed by atoms with van der Waals surface area (Å²) < 4.78 is 0. The van der Waals surface area contributed by atoms with Gasteiger partial charge < -0.3 is 15.1 Å². The summed E-state index contributed by atoms with van der Waals surface area (Å²) in [7, 11) is 0.